The molecular formula is C10H20N2O. The minimum Gasteiger partial charge on any atom is -0.377 e. The van der Waals surface area contributed by atoms with Gasteiger partial charge in [-0.05, 0) is 38.3 Å². The minimum atomic E-state index is 0.511. The van der Waals surface area contributed by atoms with E-state index < -0.39 is 0 Å². The van der Waals surface area contributed by atoms with Crippen LogP contribution in [0.5, 0.6) is 0 Å². The molecule has 76 valence electrons. The summed E-state index contributed by atoms with van der Waals surface area (Å²) in [5.74, 6) is 0.737. The standard InChI is InChI=1S/C10H20N2O/c11-6-9-3-4-12(7-9)8-10-2-1-5-13-10/h9-10H,1-8,11H2. The summed E-state index contributed by atoms with van der Waals surface area (Å²) in [6.07, 6.45) is 4.29. The van der Waals surface area contributed by atoms with Gasteiger partial charge in [-0.2, -0.15) is 0 Å². The van der Waals surface area contributed by atoms with E-state index in [9.17, 15) is 0 Å². The van der Waals surface area contributed by atoms with Gasteiger partial charge in [0, 0.05) is 19.7 Å². The Morgan fingerprint density at radius 2 is 2.31 bits per heavy atom. The lowest BCUT2D eigenvalue weighted by Crippen LogP contribution is -2.31. The number of hydrogen-bond donors (Lipinski definition) is 1. The highest BCUT2D eigenvalue weighted by molar-refractivity contribution is 4.79. The van der Waals surface area contributed by atoms with Crippen molar-refractivity contribution in [2.24, 2.45) is 11.7 Å². The third-order valence-corrected chi connectivity index (χ3v) is 3.19. The number of rotatable bonds is 3. The van der Waals surface area contributed by atoms with Gasteiger partial charge in [-0.25, -0.2) is 0 Å². The van der Waals surface area contributed by atoms with Crippen LogP contribution in [-0.2, 0) is 4.74 Å². The van der Waals surface area contributed by atoms with Crippen molar-refractivity contribution in [2.75, 3.05) is 32.8 Å². The molecule has 0 saturated carbocycles. The van der Waals surface area contributed by atoms with Crippen LogP contribution in [0.2, 0.25) is 0 Å². The Bertz CT molecular complexity index is 157. The smallest absolute Gasteiger partial charge is 0.0702 e. The van der Waals surface area contributed by atoms with E-state index in [-0.39, 0.29) is 0 Å². The SMILES string of the molecule is NCC1CCN(CC2CCCO2)C1. The van der Waals surface area contributed by atoms with Crippen LogP contribution in [0.4, 0.5) is 0 Å². The van der Waals surface area contributed by atoms with Gasteiger partial charge in [-0.3, -0.25) is 0 Å². The average Bonchev–Trinajstić information content (AvgIpc) is 2.76. The fourth-order valence-electron chi connectivity index (χ4n) is 2.35. The minimum absolute atomic E-state index is 0.511. The molecular weight excluding hydrogens is 164 g/mol. The summed E-state index contributed by atoms with van der Waals surface area (Å²) in [7, 11) is 0. The Morgan fingerprint density at radius 3 is 2.92 bits per heavy atom. The zero-order chi connectivity index (χ0) is 9.10. The first kappa shape index (κ1) is 9.44. The molecule has 3 heteroatoms. The van der Waals surface area contributed by atoms with Gasteiger partial charge in [0.1, 0.15) is 0 Å². The Morgan fingerprint density at radius 1 is 1.38 bits per heavy atom. The second-order valence-corrected chi connectivity index (χ2v) is 4.29. The van der Waals surface area contributed by atoms with Gasteiger partial charge >= 0.3 is 0 Å². The number of ether oxygens (including phenoxy) is 1. The lowest BCUT2D eigenvalue weighted by Gasteiger charge is -2.19. The average molecular weight is 184 g/mol. The van der Waals surface area contributed by atoms with E-state index in [0.29, 0.717) is 6.10 Å². The van der Waals surface area contributed by atoms with Crippen molar-refractivity contribution in [3.63, 3.8) is 0 Å². The molecule has 0 aromatic carbocycles. The summed E-state index contributed by atoms with van der Waals surface area (Å²) in [4.78, 5) is 2.51. The molecule has 2 heterocycles. The van der Waals surface area contributed by atoms with Crippen molar-refractivity contribution in [1.29, 1.82) is 0 Å². The second-order valence-electron chi connectivity index (χ2n) is 4.29. The molecule has 0 aromatic heterocycles. The van der Waals surface area contributed by atoms with Crippen molar-refractivity contribution in [3.8, 4) is 0 Å². The van der Waals surface area contributed by atoms with E-state index in [4.69, 9.17) is 10.5 Å². The van der Waals surface area contributed by atoms with Crippen molar-refractivity contribution < 1.29 is 4.74 Å². The molecule has 0 aromatic rings. The molecule has 2 rings (SSSR count). The lowest BCUT2D eigenvalue weighted by atomic mass is 10.1. The van der Waals surface area contributed by atoms with Gasteiger partial charge in [0.05, 0.1) is 6.10 Å². The highest BCUT2D eigenvalue weighted by Crippen LogP contribution is 2.19. The van der Waals surface area contributed by atoms with Crippen molar-refractivity contribution in [1.82, 2.24) is 4.90 Å². The second kappa shape index (κ2) is 4.40. The van der Waals surface area contributed by atoms with Gasteiger partial charge in [0.25, 0.3) is 0 Å². The van der Waals surface area contributed by atoms with Gasteiger partial charge < -0.3 is 15.4 Å². The van der Waals surface area contributed by atoms with Crippen molar-refractivity contribution in [3.05, 3.63) is 0 Å². The molecule has 2 aliphatic heterocycles. The summed E-state index contributed by atoms with van der Waals surface area (Å²) in [6.45, 7) is 5.37. The number of hydrogen-bond acceptors (Lipinski definition) is 3. The highest BCUT2D eigenvalue weighted by atomic mass is 16.5. The normalized spacial score (nSPS) is 35.8. The predicted molar refractivity (Wildman–Crippen MR) is 52.6 cm³/mol. The number of nitrogens with zero attached hydrogens (tertiary/aromatic N) is 1. The fourth-order valence-corrected chi connectivity index (χ4v) is 2.35. The monoisotopic (exact) mass is 184 g/mol. The summed E-state index contributed by atoms with van der Waals surface area (Å²) < 4.78 is 5.61. The van der Waals surface area contributed by atoms with E-state index >= 15 is 0 Å². The van der Waals surface area contributed by atoms with Crippen LogP contribution < -0.4 is 5.73 Å². The Labute approximate surface area is 80.2 Å². The molecule has 2 fully saturated rings. The molecule has 0 spiro atoms. The summed E-state index contributed by atoms with van der Waals surface area (Å²) >= 11 is 0. The van der Waals surface area contributed by atoms with Gasteiger partial charge in [-0.15, -0.1) is 0 Å². The van der Waals surface area contributed by atoms with Crippen LogP contribution >= 0.6 is 0 Å². The van der Waals surface area contributed by atoms with E-state index in [1.807, 2.05) is 0 Å². The maximum atomic E-state index is 5.65. The molecule has 0 bridgehead atoms. The first-order chi connectivity index (χ1) is 6.38. The van der Waals surface area contributed by atoms with Crippen LogP contribution in [0.1, 0.15) is 19.3 Å². The van der Waals surface area contributed by atoms with Gasteiger partial charge in [0.2, 0.25) is 0 Å². The lowest BCUT2D eigenvalue weighted by molar-refractivity contribution is 0.0797. The van der Waals surface area contributed by atoms with Crippen LogP contribution in [-0.4, -0.2) is 43.8 Å². The molecule has 2 saturated heterocycles. The summed E-state index contributed by atoms with van der Waals surface area (Å²) in [5.41, 5.74) is 5.65. The fraction of sp³-hybridized carbons (Fsp3) is 1.00. The van der Waals surface area contributed by atoms with Gasteiger partial charge in [-0.1, -0.05) is 0 Å². The Kier molecular flexibility index (Phi) is 3.19. The molecule has 2 unspecified atom stereocenters. The van der Waals surface area contributed by atoms with Crippen LogP contribution in [0.15, 0.2) is 0 Å². The summed E-state index contributed by atoms with van der Waals surface area (Å²) in [5, 5.41) is 0. The molecule has 2 atom stereocenters. The topological polar surface area (TPSA) is 38.5 Å². The number of nitrogens with two attached hydrogens (primary N) is 1. The third-order valence-electron chi connectivity index (χ3n) is 3.19. The zero-order valence-corrected chi connectivity index (χ0v) is 8.24. The molecule has 13 heavy (non-hydrogen) atoms. The molecule has 3 nitrogen and oxygen atoms in total. The third kappa shape index (κ3) is 2.42. The molecule has 2 aliphatic rings. The van der Waals surface area contributed by atoms with Crippen LogP contribution in [0.25, 0.3) is 0 Å². The van der Waals surface area contributed by atoms with Gasteiger partial charge in [0.15, 0.2) is 0 Å². The number of likely N-dealkylation sites (tertiary alicyclic amines) is 1. The van der Waals surface area contributed by atoms with Crippen LogP contribution in [0, 0.1) is 5.92 Å². The van der Waals surface area contributed by atoms with E-state index in [2.05, 4.69) is 4.90 Å². The summed E-state index contributed by atoms with van der Waals surface area (Å²) in [6, 6.07) is 0. The van der Waals surface area contributed by atoms with Crippen LogP contribution in [0.3, 0.4) is 0 Å². The largest absolute Gasteiger partial charge is 0.377 e. The Balaban J connectivity index is 1.70. The Hall–Kier alpha value is -0.120. The molecule has 2 N–H and O–H groups in total. The maximum absolute atomic E-state index is 5.65. The quantitative estimate of drug-likeness (QED) is 0.692. The molecule has 0 aliphatic carbocycles. The predicted octanol–water partition coefficient (Wildman–Crippen LogP) is 0.446. The zero-order valence-electron chi connectivity index (χ0n) is 8.24. The first-order valence-corrected chi connectivity index (χ1v) is 5.42. The van der Waals surface area contributed by atoms with E-state index in [1.165, 1.54) is 32.4 Å². The highest BCUT2D eigenvalue weighted by Gasteiger charge is 2.25. The molecule has 0 radical (unpaired) electrons. The molecule has 0 amide bonds. The first-order valence-electron chi connectivity index (χ1n) is 5.42. The van der Waals surface area contributed by atoms with E-state index in [1.54, 1.807) is 0 Å². The van der Waals surface area contributed by atoms with Crippen molar-refractivity contribution in [2.45, 2.75) is 25.4 Å². The maximum Gasteiger partial charge on any atom is 0.0702 e. The van der Waals surface area contributed by atoms with E-state index in [0.717, 1.165) is 25.6 Å². The van der Waals surface area contributed by atoms with Crippen molar-refractivity contribution >= 4 is 0 Å².